The molecule has 0 fully saturated rings. The van der Waals surface area contributed by atoms with E-state index in [2.05, 4.69) is 36.5 Å². The van der Waals surface area contributed by atoms with Crippen LogP contribution in [0.5, 0.6) is 0 Å². The standard InChI is InChI=1S/C10H24N4O/c1-8(6-15-5)13-9(14-11)12-7-10(2,3)4/h8H,6-7,11H2,1-5H3,(H2,12,13,14). The number of nitrogens with one attached hydrogen (secondary N) is 2. The van der Waals surface area contributed by atoms with Crippen molar-refractivity contribution in [3.8, 4) is 0 Å². The fourth-order valence-electron chi connectivity index (χ4n) is 0.974. The van der Waals surface area contributed by atoms with Crippen LogP contribution < -0.4 is 16.6 Å². The Hall–Kier alpha value is -0.810. The molecule has 15 heavy (non-hydrogen) atoms. The second kappa shape index (κ2) is 6.63. The summed E-state index contributed by atoms with van der Waals surface area (Å²) in [6.07, 6.45) is 0. The highest BCUT2D eigenvalue weighted by Gasteiger charge is 2.10. The third kappa shape index (κ3) is 8.20. The van der Waals surface area contributed by atoms with Crippen LogP contribution in [0.1, 0.15) is 27.7 Å². The number of guanidine groups is 1. The zero-order valence-electron chi connectivity index (χ0n) is 10.4. The van der Waals surface area contributed by atoms with E-state index in [0.717, 1.165) is 6.54 Å². The molecule has 5 nitrogen and oxygen atoms in total. The SMILES string of the molecule is COCC(C)NC(=NCC(C)(C)C)NN. The second-order valence-corrected chi connectivity index (χ2v) is 4.87. The van der Waals surface area contributed by atoms with E-state index in [1.807, 2.05) is 6.92 Å². The number of rotatable bonds is 4. The molecule has 1 atom stereocenters. The van der Waals surface area contributed by atoms with Gasteiger partial charge in [0.05, 0.1) is 6.61 Å². The highest BCUT2D eigenvalue weighted by atomic mass is 16.5. The highest BCUT2D eigenvalue weighted by Crippen LogP contribution is 2.12. The van der Waals surface area contributed by atoms with Gasteiger partial charge in [0.25, 0.3) is 0 Å². The number of hydrazine groups is 1. The van der Waals surface area contributed by atoms with Crippen molar-refractivity contribution in [1.29, 1.82) is 0 Å². The first-order valence-corrected chi connectivity index (χ1v) is 5.15. The summed E-state index contributed by atoms with van der Waals surface area (Å²) in [5, 5.41) is 3.13. The summed E-state index contributed by atoms with van der Waals surface area (Å²) < 4.78 is 5.01. The number of nitrogens with zero attached hydrogens (tertiary/aromatic N) is 1. The van der Waals surface area contributed by atoms with E-state index in [1.54, 1.807) is 7.11 Å². The largest absolute Gasteiger partial charge is 0.383 e. The van der Waals surface area contributed by atoms with Crippen molar-refractivity contribution >= 4 is 5.96 Å². The van der Waals surface area contributed by atoms with Gasteiger partial charge in [-0.15, -0.1) is 0 Å². The van der Waals surface area contributed by atoms with Crippen LogP contribution in [-0.4, -0.2) is 32.3 Å². The van der Waals surface area contributed by atoms with Crippen LogP contribution >= 0.6 is 0 Å². The fourth-order valence-corrected chi connectivity index (χ4v) is 0.974. The summed E-state index contributed by atoms with van der Waals surface area (Å²) in [7, 11) is 1.67. The topological polar surface area (TPSA) is 71.7 Å². The van der Waals surface area contributed by atoms with Crippen molar-refractivity contribution in [2.45, 2.75) is 33.7 Å². The van der Waals surface area contributed by atoms with Crippen LogP contribution in [0, 0.1) is 5.41 Å². The first-order valence-electron chi connectivity index (χ1n) is 5.15. The minimum Gasteiger partial charge on any atom is -0.383 e. The second-order valence-electron chi connectivity index (χ2n) is 4.87. The van der Waals surface area contributed by atoms with E-state index >= 15 is 0 Å². The number of nitrogens with two attached hydrogens (primary N) is 1. The van der Waals surface area contributed by atoms with Gasteiger partial charge in [-0.2, -0.15) is 0 Å². The maximum absolute atomic E-state index is 5.36. The predicted molar refractivity (Wildman–Crippen MR) is 63.6 cm³/mol. The van der Waals surface area contributed by atoms with Gasteiger partial charge in [0.1, 0.15) is 0 Å². The van der Waals surface area contributed by atoms with Crippen molar-refractivity contribution in [2.75, 3.05) is 20.3 Å². The van der Waals surface area contributed by atoms with Gasteiger partial charge in [0, 0.05) is 19.7 Å². The van der Waals surface area contributed by atoms with Crippen LogP contribution in [-0.2, 0) is 4.74 Å². The zero-order valence-corrected chi connectivity index (χ0v) is 10.4. The molecule has 0 radical (unpaired) electrons. The van der Waals surface area contributed by atoms with E-state index in [-0.39, 0.29) is 11.5 Å². The highest BCUT2D eigenvalue weighted by molar-refractivity contribution is 5.79. The summed E-state index contributed by atoms with van der Waals surface area (Å²) in [6, 6.07) is 0.185. The molecule has 0 aliphatic heterocycles. The molecule has 0 aliphatic rings. The predicted octanol–water partition coefficient (Wildman–Crippen LogP) is 0.476. The Morgan fingerprint density at radius 1 is 1.47 bits per heavy atom. The maximum atomic E-state index is 5.36. The van der Waals surface area contributed by atoms with E-state index in [1.165, 1.54) is 0 Å². The van der Waals surface area contributed by atoms with E-state index in [0.29, 0.717) is 12.6 Å². The monoisotopic (exact) mass is 216 g/mol. The van der Waals surface area contributed by atoms with Crippen molar-refractivity contribution in [2.24, 2.45) is 16.3 Å². The lowest BCUT2D eigenvalue weighted by molar-refractivity contribution is 0.179. The lowest BCUT2D eigenvalue weighted by Gasteiger charge is -2.19. The molecular formula is C10H24N4O. The molecule has 0 aromatic rings. The van der Waals surface area contributed by atoms with Gasteiger partial charge < -0.3 is 10.1 Å². The van der Waals surface area contributed by atoms with Crippen molar-refractivity contribution in [3.05, 3.63) is 0 Å². The normalized spacial score (nSPS) is 14.9. The molecular weight excluding hydrogens is 192 g/mol. The van der Waals surface area contributed by atoms with Crippen LogP contribution in [0.2, 0.25) is 0 Å². The quantitative estimate of drug-likeness (QED) is 0.276. The molecule has 5 heteroatoms. The summed E-state index contributed by atoms with van der Waals surface area (Å²) >= 11 is 0. The first-order chi connectivity index (χ1) is 6.89. The molecule has 0 aromatic heterocycles. The Bertz CT molecular complexity index is 198. The summed E-state index contributed by atoms with van der Waals surface area (Å²) in [5.41, 5.74) is 2.71. The first kappa shape index (κ1) is 14.2. The number of aliphatic imine (C=N–C) groups is 1. The van der Waals surface area contributed by atoms with Gasteiger partial charge in [-0.25, -0.2) is 5.84 Å². The molecule has 0 heterocycles. The smallest absolute Gasteiger partial charge is 0.206 e. The molecule has 1 unspecified atom stereocenters. The van der Waals surface area contributed by atoms with Crippen molar-refractivity contribution < 1.29 is 4.74 Å². The van der Waals surface area contributed by atoms with Crippen LogP contribution in [0.15, 0.2) is 4.99 Å². The van der Waals surface area contributed by atoms with Crippen LogP contribution in [0.4, 0.5) is 0 Å². The lowest BCUT2D eigenvalue weighted by atomic mass is 9.97. The average molecular weight is 216 g/mol. The molecule has 0 saturated heterocycles. The minimum atomic E-state index is 0.161. The number of hydrogen-bond donors (Lipinski definition) is 3. The Morgan fingerprint density at radius 2 is 2.07 bits per heavy atom. The van der Waals surface area contributed by atoms with Gasteiger partial charge in [0.2, 0.25) is 5.96 Å². The van der Waals surface area contributed by atoms with E-state index in [4.69, 9.17) is 10.6 Å². The molecule has 0 spiro atoms. The third-order valence-corrected chi connectivity index (χ3v) is 1.65. The Kier molecular flexibility index (Phi) is 6.27. The molecule has 90 valence electrons. The number of methoxy groups -OCH3 is 1. The molecule has 0 aliphatic carbocycles. The molecule has 0 aromatic carbocycles. The fraction of sp³-hybridized carbons (Fsp3) is 0.900. The van der Waals surface area contributed by atoms with Crippen LogP contribution in [0.25, 0.3) is 0 Å². The molecule has 4 N–H and O–H groups in total. The lowest BCUT2D eigenvalue weighted by Crippen LogP contribution is -2.47. The number of ether oxygens (including phenoxy) is 1. The number of hydrogen-bond acceptors (Lipinski definition) is 3. The minimum absolute atomic E-state index is 0.161. The summed E-state index contributed by atoms with van der Waals surface area (Å²) in [4.78, 5) is 4.35. The van der Waals surface area contributed by atoms with E-state index < -0.39 is 0 Å². The average Bonchev–Trinajstić information content (AvgIpc) is 2.11. The van der Waals surface area contributed by atoms with Gasteiger partial charge >= 0.3 is 0 Å². The van der Waals surface area contributed by atoms with Gasteiger partial charge in [0.15, 0.2) is 0 Å². The molecule has 0 saturated carbocycles. The van der Waals surface area contributed by atoms with Gasteiger partial charge in [-0.05, 0) is 12.3 Å². The summed E-state index contributed by atoms with van der Waals surface area (Å²) in [5.74, 6) is 5.97. The van der Waals surface area contributed by atoms with Gasteiger partial charge in [-0.3, -0.25) is 10.4 Å². The van der Waals surface area contributed by atoms with E-state index in [9.17, 15) is 0 Å². The Labute approximate surface area is 92.4 Å². The molecule has 0 rings (SSSR count). The van der Waals surface area contributed by atoms with Crippen LogP contribution in [0.3, 0.4) is 0 Å². The Morgan fingerprint density at radius 3 is 2.47 bits per heavy atom. The molecule has 0 amide bonds. The zero-order chi connectivity index (χ0) is 11.9. The van der Waals surface area contributed by atoms with Gasteiger partial charge in [-0.1, -0.05) is 20.8 Å². The molecule has 0 bridgehead atoms. The van der Waals surface area contributed by atoms with Crippen molar-refractivity contribution in [3.63, 3.8) is 0 Å². The summed E-state index contributed by atoms with van der Waals surface area (Å²) in [6.45, 7) is 9.73. The third-order valence-electron chi connectivity index (χ3n) is 1.65. The maximum Gasteiger partial charge on any atom is 0.206 e. The Balaban J connectivity index is 4.12. The van der Waals surface area contributed by atoms with Crippen molar-refractivity contribution in [1.82, 2.24) is 10.7 Å².